The zero-order valence-corrected chi connectivity index (χ0v) is 14.2. The fraction of sp³-hybridized carbons (Fsp3) is 0.333. The van der Waals surface area contributed by atoms with Crippen molar-refractivity contribution in [2.24, 2.45) is 0 Å². The van der Waals surface area contributed by atoms with Gasteiger partial charge < -0.3 is 10.1 Å². The number of benzene rings is 2. The predicted molar refractivity (Wildman–Crippen MR) is 91.8 cm³/mol. The van der Waals surface area contributed by atoms with Crippen LogP contribution < -0.4 is 10.1 Å². The van der Waals surface area contributed by atoms with Crippen LogP contribution in [0.15, 0.2) is 53.0 Å². The number of hydrogen-bond acceptors (Lipinski definition) is 2. The van der Waals surface area contributed by atoms with Gasteiger partial charge in [0.25, 0.3) is 0 Å². The Kier molecular flexibility index (Phi) is 6.27. The molecule has 2 aromatic rings. The number of rotatable bonds is 7. The zero-order chi connectivity index (χ0) is 15.1. The minimum atomic E-state index is 0.503. The fourth-order valence-corrected chi connectivity index (χ4v) is 2.74. The first-order valence-corrected chi connectivity index (χ1v) is 8.16. The van der Waals surface area contributed by atoms with E-state index in [-0.39, 0.29) is 0 Å². The Morgan fingerprint density at radius 2 is 1.86 bits per heavy atom. The highest BCUT2D eigenvalue weighted by atomic mass is 79.9. The van der Waals surface area contributed by atoms with E-state index < -0.39 is 0 Å². The van der Waals surface area contributed by atoms with E-state index in [2.05, 4.69) is 59.4 Å². The van der Waals surface area contributed by atoms with E-state index in [9.17, 15) is 0 Å². The number of hydrogen-bond donors (Lipinski definition) is 1. The maximum atomic E-state index is 5.82. The first-order chi connectivity index (χ1) is 10.2. The second kappa shape index (κ2) is 8.20. The molecule has 0 saturated carbocycles. The summed E-state index contributed by atoms with van der Waals surface area (Å²) in [5.41, 5.74) is 2.49. The van der Waals surface area contributed by atoms with Crippen molar-refractivity contribution in [2.75, 3.05) is 6.54 Å². The van der Waals surface area contributed by atoms with Gasteiger partial charge in [0.15, 0.2) is 0 Å². The lowest BCUT2D eigenvalue weighted by Crippen LogP contribution is -2.27. The summed E-state index contributed by atoms with van der Waals surface area (Å²) in [6.45, 7) is 5.94. The van der Waals surface area contributed by atoms with Gasteiger partial charge in [0.2, 0.25) is 0 Å². The maximum Gasteiger partial charge on any atom is 0.119 e. The second-order valence-electron chi connectivity index (χ2n) is 5.23. The monoisotopic (exact) mass is 347 g/mol. The molecule has 0 aliphatic carbocycles. The molecule has 0 saturated heterocycles. The SMILES string of the molecule is CCNC(C)Cc1ccc(OCc2cccc(Br)c2)cc1. The van der Waals surface area contributed by atoms with Gasteiger partial charge in [0.1, 0.15) is 12.4 Å². The molecule has 0 radical (unpaired) electrons. The molecule has 0 aliphatic rings. The molecule has 1 unspecified atom stereocenters. The first-order valence-electron chi connectivity index (χ1n) is 7.37. The van der Waals surface area contributed by atoms with Crippen LogP contribution >= 0.6 is 15.9 Å². The van der Waals surface area contributed by atoms with Gasteiger partial charge in [-0.2, -0.15) is 0 Å². The van der Waals surface area contributed by atoms with E-state index >= 15 is 0 Å². The molecule has 0 aromatic heterocycles. The molecule has 0 heterocycles. The van der Waals surface area contributed by atoms with Crippen molar-refractivity contribution < 1.29 is 4.74 Å². The lowest BCUT2D eigenvalue weighted by Gasteiger charge is -2.12. The zero-order valence-electron chi connectivity index (χ0n) is 12.6. The molecule has 3 heteroatoms. The van der Waals surface area contributed by atoms with Crippen LogP contribution in [0.25, 0.3) is 0 Å². The van der Waals surface area contributed by atoms with E-state index in [0.717, 1.165) is 28.8 Å². The van der Waals surface area contributed by atoms with Gasteiger partial charge in [0, 0.05) is 10.5 Å². The normalized spacial score (nSPS) is 12.1. The Bertz CT molecular complexity index is 553. The second-order valence-corrected chi connectivity index (χ2v) is 6.14. The summed E-state index contributed by atoms with van der Waals surface area (Å²) in [4.78, 5) is 0. The topological polar surface area (TPSA) is 21.3 Å². The summed E-state index contributed by atoms with van der Waals surface area (Å²) in [7, 11) is 0. The summed E-state index contributed by atoms with van der Waals surface area (Å²) < 4.78 is 6.90. The Labute approximate surface area is 135 Å². The summed E-state index contributed by atoms with van der Waals surface area (Å²) in [5.74, 6) is 0.912. The fourth-order valence-electron chi connectivity index (χ4n) is 2.29. The molecule has 0 fully saturated rings. The molecule has 2 aromatic carbocycles. The quantitative estimate of drug-likeness (QED) is 0.792. The highest BCUT2D eigenvalue weighted by Crippen LogP contribution is 2.17. The highest BCUT2D eigenvalue weighted by molar-refractivity contribution is 9.10. The van der Waals surface area contributed by atoms with Crippen molar-refractivity contribution in [3.63, 3.8) is 0 Å². The van der Waals surface area contributed by atoms with Gasteiger partial charge in [-0.25, -0.2) is 0 Å². The Balaban J connectivity index is 1.87. The molecule has 2 nitrogen and oxygen atoms in total. The predicted octanol–water partition coefficient (Wildman–Crippen LogP) is 4.57. The van der Waals surface area contributed by atoms with Crippen LogP contribution in [0.4, 0.5) is 0 Å². The van der Waals surface area contributed by atoms with Crippen LogP contribution in [-0.2, 0) is 13.0 Å². The van der Waals surface area contributed by atoms with Crippen molar-refractivity contribution in [1.82, 2.24) is 5.32 Å². The molecule has 2 rings (SSSR count). The summed E-state index contributed by atoms with van der Waals surface area (Å²) in [6, 6.07) is 17.1. The third kappa shape index (κ3) is 5.52. The number of halogens is 1. The average Bonchev–Trinajstić information content (AvgIpc) is 2.47. The molecule has 21 heavy (non-hydrogen) atoms. The van der Waals surface area contributed by atoms with E-state index in [0.29, 0.717) is 12.6 Å². The molecule has 1 atom stereocenters. The van der Waals surface area contributed by atoms with Gasteiger partial charge in [-0.1, -0.05) is 47.1 Å². The maximum absolute atomic E-state index is 5.82. The van der Waals surface area contributed by atoms with Crippen molar-refractivity contribution in [3.05, 3.63) is 64.1 Å². The third-order valence-electron chi connectivity index (χ3n) is 3.31. The lowest BCUT2D eigenvalue weighted by molar-refractivity contribution is 0.306. The molecule has 0 spiro atoms. The van der Waals surface area contributed by atoms with Gasteiger partial charge in [-0.15, -0.1) is 0 Å². The molecule has 0 aliphatic heterocycles. The summed E-state index contributed by atoms with van der Waals surface area (Å²) in [6.07, 6.45) is 1.04. The smallest absolute Gasteiger partial charge is 0.119 e. The van der Waals surface area contributed by atoms with Crippen LogP contribution in [0, 0.1) is 0 Å². The van der Waals surface area contributed by atoms with Gasteiger partial charge in [-0.05, 0) is 55.3 Å². The Morgan fingerprint density at radius 3 is 2.52 bits per heavy atom. The molecular weight excluding hydrogens is 326 g/mol. The van der Waals surface area contributed by atoms with Gasteiger partial charge in [-0.3, -0.25) is 0 Å². The van der Waals surface area contributed by atoms with Crippen molar-refractivity contribution in [2.45, 2.75) is 32.9 Å². The molecule has 0 amide bonds. The van der Waals surface area contributed by atoms with E-state index in [4.69, 9.17) is 4.74 Å². The molecular formula is C18H22BrNO. The van der Waals surface area contributed by atoms with Crippen LogP contribution in [0.2, 0.25) is 0 Å². The van der Waals surface area contributed by atoms with Crippen LogP contribution in [0.1, 0.15) is 25.0 Å². The Hall–Kier alpha value is -1.32. The van der Waals surface area contributed by atoms with Crippen molar-refractivity contribution in [1.29, 1.82) is 0 Å². The largest absolute Gasteiger partial charge is 0.489 e. The average molecular weight is 348 g/mol. The standard InChI is InChI=1S/C18H22BrNO/c1-3-20-14(2)11-15-7-9-18(10-8-15)21-13-16-5-4-6-17(19)12-16/h4-10,12,14,20H,3,11,13H2,1-2H3. The van der Waals surface area contributed by atoms with Crippen LogP contribution in [-0.4, -0.2) is 12.6 Å². The van der Waals surface area contributed by atoms with Crippen LogP contribution in [0.3, 0.4) is 0 Å². The molecule has 1 N–H and O–H groups in total. The van der Waals surface area contributed by atoms with E-state index in [1.54, 1.807) is 0 Å². The summed E-state index contributed by atoms with van der Waals surface area (Å²) in [5, 5.41) is 3.42. The third-order valence-corrected chi connectivity index (χ3v) is 3.81. The van der Waals surface area contributed by atoms with Gasteiger partial charge in [0.05, 0.1) is 0 Å². The van der Waals surface area contributed by atoms with Crippen LogP contribution in [0.5, 0.6) is 5.75 Å². The summed E-state index contributed by atoms with van der Waals surface area (Å²) >= 11 is 3.47. The molecule has 112 valence electrons. The van der Waals surface area contributed by atoms with E-state index in [1.807, 2.05) is 24.3 Å². The Morgan fingerprint density at radius 1 is 1.10 bits per heavy atom. The van der Waals surface area contributed by atoms with Crippen molar-refractivity contribution >= 4 is 15.9 Å². The van der Waals surface area contributed by atoms with E-state index in [1.165, 1.54) is 5.56 Å². The molecule has 0 bridgehead atoms. The van der Waals surface area contributed by atoms with Crippen molar-refractivity contribution in [3.8, 4) is 5.75 Å². The minimum Gasteiger partial charge on any atom is -0.489 e. The number of likely N-dealkylation sites (N-methyl/N-ethyl adjacent to an activating group) is 1. The first kappa shape index (κ1) is 16.1. The number of nitrogens with one attached hydrogen (secondary N) is 1. The van der Waals surface area contributed by atoms with Gasteiger partial charge >= 0.3 is 0 Å². The number of ether oxygens (including phenoxy) is 1. The lowest BCUT2D eigenvalue weighted by atomic mass is 10.1. The minimum absolute atomic E-state index is 0.503. The highest BCUT2D eigenvalue weighted by Gasteiger charge is 2.02.